The lowest BCUT2D eigenvalue weighted by Gasteiger charge is -2.22. The number of aromatic nitrogens is 1. The number of unbranched alkanes of at least 4 members (excludes halogenated alkanes) is 3. The van der Waals surface area contributed by atoms with E-state index in [1.807, 2.05) is 6.20 Å². The predicted molar refractivity (Wildman–Crippen MR) is 79.2 cm³/mol. The number of rotatable bonds is 7. The Labute approximate surface area is 115 Å². The van der Waals surface area contributed by atoms with E-state index in [-0.39, 0.29) is 0 Å². The summed E-state index contributed by atoms with van der Waals surface area (Å²) in [4.78, 5) is 2.33. The van der Waals surface area contributed by atoms with Crippen molar-refractivity contribution in [1.29, 1.82) is 0 Å². The van der Waals surface area contributed by atoms with Gasteiger partial charge in [-0.05, 0) is 25.5 Å². The molecular weight excluding hydrogens is 238 g/mol. The van der Waals surface area contributed by atoms with E-state index in [2.05, 4.69) is 35.4 Å². The van der Waals surface area contributed by atoms with Crippen LogP contribution in [0.3, 0.4) is 0 Å². The molecule has 0 bridgehead atoms. The first-order valence-electron chi connectivity index (χ1n) is 7.37. The molecule has 0 unspecified atom stereocenters. The summed E-state index contributed by atoms with van der Waals surface area (Å²) in [6, 6.07) is 0. The molecule has 1 aliphatic rings. The minimum atomic E-state index is 0.832. The topological polar surface area (TPSA) is 41.3 Å². The first kappa shape index (κ1) is 14.1. The zero-order valence-corrected chi connectivity index (χ0v) is 12.1. The van der Waals surface area contributed by atoms with Crippen molar-refractivity contribution in [3.05, 3.63) is 17.8 Å². The molecule has 4 heteroatoms. The van der Waals surface area contributed by atoms with E-state index in [4.69, 9.17) is 4.52 Å². The fourth-order valence-electron chi connectivity index (χ4n) is 2.44. The fraction of sp³-hybridized carbons (Fsp3) is 0.667. The molecule has 0 fully saturated rings. The van der Waals surface area contributed by atoms with Crippen molar-refractivity contribution in [2.75, 3.05) is 32.0 Å². The van der Waals surface area contributed by atoms with E-state index in [1.54, 1.807) is 0 Å². The molecule has 19 heavy (non-hydrogen) atoms. The molecule has 1 aliphatic heterocycles. The van der Waals surface area contributed by atoms with Crippen LogP contribution in [-0.2, 0) is 0 Å². The highest BCUT2D eigenvalue weighted by Crippen LogP contribution is 2.26. The average molecular weight is 263 g/mol. The Balaban J connectivity index is 1.88. The molecule has 1 N–H and O–H groups in total. The Morgan fingerprint density at radius 1 is 1.37 bits per heavy atom. The highest BCUT2D eigenvalue weighted by molar-refractivity contribution is 5.74. The number of likely N-dealkylation sites (N-methyl/N-ethyl adjacent to an activating group) is 1. The van der Waals surface area contributed by atoms with E-state index in [9.17, 15) is 0 Å². The molecule has 0 radical (unpaired) electrons. The lowest BCUT2D eigenvalue weighted by atomic mass is 10.0. The number of anilines is 1. The minimum Gasteiger partial charge on any atom is -0.354 e. The van der Waals surface area contributed by atoms with Gasteiger partial charge in [-0.15, -0.1) is 0 Å². The second kappa shape index (κ2) is 7.34. The first-order chi connectivity index (χ1) is 9.31. The van der Waals surface area contributed by atoms with Crippen LogP contribution in [0.25, 0.3) is 5.57 Å². The van der Waals surface area contributed by atoms with Gasteiger partial charge in [-0.3, -0.25) is 0 Å². The third kappa shape index (κ3) is 4.10. The summed E-state index contributed by atoms with van der Waals surface area (Å²) in [6.07, 6.45) is 10.3. The maximum atomic E-state index is 5.34. The second-order valence-corrected chi connectivity index (χ2v) is 5.31. The third-order valence-corrected chi connectivity index (χ3v) is 3.57. The van der Waals surface area contributed by atoms with Gasteiger partial charge < -0.3 is 14.7 Å². The van der Waals surface area contributed by atoms with Crippen molar-refractivity contribution in [3.8, 4) is 0 Å². The first-order valence-corrected chi connectivity index (χ1v) is 7.37. The molecule has 0 spiro atoms. The summed E-state index contributed by atoms with van der Waals surface area (Å²) in [5.41, 5.74) is 2.45. The van der Waals surface area contributed by atoms with Gasteiger partial charge in [0.15, 0.2) is 0 Å². The van der Waals surface area contributed by atoms with Crippen molar-refractivity contribution in [3.63, 3.8) is 0 Å². The van der Waals surface area contributed by atoms with Crippen LogP contribution >= 0.6 is 0 Å². The lowest BCUT2D eigenvalue weighted by Crippen LogP contribution is -2.25. The van der Waals surface area contributed by atoms with Crippen LogP contribution in [0, 0.1) is 0 Å². The zero-order valence-electron chi connectivity index (χ0n) is 12.1. The number of hydrogen-bond acceptors (Lipinski definition) is 4. The van der Waals surface area contributed by atoms with Gasteiger partial charge in [-0.2, -0.15) is 0 Å². The van der Waals surface area contributed by atoms with E-state index in [0.717, 1.165) is 37.5 Å². The van der Waals surface area contributed by atoms with Gasteiger partial charge >= 0.3 is 0 Å². The Morgan fingerprint density at radius 3 is 3.05 bits per heavy atom. The molecule has 0 atom stereocenters. The maximum Gasteiger partial charge on any atom is 0.232 e. The molecule has 0 aliphatic carbocycles. The summed E-state index contributed by atoms with van der Waals surface area (Å²) < 4.78 is 5.34. The van der Waals surface area contributed by atoms with Crippen LogP contribution in [0.2, 0.25) is 0 Å². The number of nitrogens with zero attached hydrogens (tertiary/aromatic N) is 2. The van der Waals surface area contributed by atoms with E-state index < -0.39 is 0 Å². The quantitative estimate of drug-likeness (QED) is 0.766. The van der Waals surface area contributed by atoms with Crippen molar-refractivity contribution < 1.29 is 4.52 Å². The Morgan fingerprint density at radius 2 is 2.26 bits per heavy atom. The SMILES string of the molecule is CCCCCCNc1oncc1C1=CCCN(C)C1. The molecule has 106 valence electrons. The molecule has 2 rings (SSSR count). The summed E-state index contributed by atoms with van der Waals surface area (Å²) in [7, 11) is 2.15. The monoisotopic (exact) mass is 263 g/mol. The maximum absolute atomic E-state index is 5.34. The van der Waals surface area contributed by atoms with Crippen molar-refractivity contribution in [2.45, 2.75) is 39.0 Å². The lowest BCUT2D eigenvalue weighted by molar-refractivity contribution is 0.372. The van der Waals surface area contributed by atoms with Crippen LogP contribution in [0.5, 0.6) is 0 Å². The highest BCUT2D eigenvalue weighted by Gasteiger charge is 2.16. The molecule has 1 aromatic heterocycles. The van der Waals surface area contributed by atoms with Gasteiger partial charge in [0.2, 0.25) is 5.88 Å². The molecule has 0 aromatic carbocycles. The van der Waals surface area contributed by atoms with Gasteiger partial charge in [0.1, 0.15) is 0 Å². The minimum absolute atomic E-state index is 0.832. The molecule has 4 nitrogen and oxygen atoms in total. The molecular formula is C15H25N3O. The Bertz CT molecular complexity index is 411. The average Bonchev–Trinajstić information content (AvgIpc) is 2.87. The number of nitrogens with one attached hydrogen (secondary N) is 1. The predicted octanol–water partition coefficient (Wildman–Crippen LogP) is 3.39. The summed E-state index contributed by atoms with van der Waals surface area (Å²) >= 11 is 0. The van der Waals surface area contributed by atoms with Crippen LogP contribution in [0.15, 0.2) is 16.8 Å². The van der Waals surface area contributed by atoms with Crippen LogP contribution in [0.4, 0.5) is 5.88 Å². The Kier molecular flexibility index (Phi) is 5.45. The van der Waals surface area contributed by atoms with Gasteiger partial charge in [0.05, 0.1) is 11.8 Å². The largest absolute Gasteiger partial charge is 0.354 e. The summed E-state index contributed by atoms with van der Waals surface area (Å²) in [6.45, 7) is 5.31. The second-order valence-electron chi connectivity index (χ2n) is 5.31. The summed E-state index contributed by atoms with van der Waals surface area (Å²) in [5.74, 6) is 0.832. The summed E-state index contributed by atoms with van der Waals surface area (Å²) in [5, 5.41) is 7.32. The van der Waals surface area contributed by atoms with Crippen LogP contribution < -0.4 is 5.32 Å². The molecule has 0 saturated carbocycles. The van der Waals surface area contributed by atoms with Gasteiger partial charge in [-0.25, -0.2) is 0 Å². The fourth-order valence-corrected chi connectivity index (χ4v) is 2.44. The standard InChI is InChI=1S/C15H25N3O/c1-3-4-5-6-9-16-15-14(11-17-19-15)13-8-7-10-18(2)12-13/h8,11,16H,3-7,9-10,12H2,1-2H3. The van der Waals surface area contributed by atoms with Crippen LogP contribution in [-0.4, -0.2) is 36.7 Å². The molecule has 1 aromatic rings. The van der Waals surface area contributed by atoms with Gasteiger partial charge in [0, 0.05) is 19.6 Å². The van der Waals surface area contributed by atoms with E-state index in [1.165, 1.54) is 31.3 Å². The smallest absolute Gasteiger partial charge is 0.232 e. The van der Waals surface area contributed by atoms with Crippen molar-refractivity contribution >= 4 is 11.5 Å². The van der Waals surface area contributed by atoms with Crippen molar-refractivity contribution in [1.82, 2.24) is 10.1 Å². The third-order valence-electron chi connectivity index (χ3n) is 3.57. The normalized spacial score (nSPS) is 16.4. The zero-order chi connectivity index (χ0) is 13.5. The van der Waals surface area contributed by atoms with Crippen molar-refractivity contribution in [2.24, 2.45) is 0 Å². The van der Waals surface area contributed by atoms with Gasteiger partial charge in [0.25, 0.3) is 0 Å². The van der Waals surface area contributed by atoms with E-state index >= 15 is 0 Å². The molecule has 0 amide bonds. The molecule has 2 heterocycles. The van der Waals surface area contributed by atoms with Gasteiger partial charge in [-0.1, -0.05) is 37.4 Å². The molecule has 0 saturated heterocycles. The number of hydrogen-bond donors (Lipinski definition) is 1. The van der Waals surface area contributed by atoms with E-state index in [0.29, 0.717) is 0 Å². The highest BCUT2D eigenvalue weighted by atomic mass is 16.5. The Hall–Kier alpha value is -1.29. The van der Waals surface area contributed by atoms with Crippen LogP contribution in [0.1, 0.15) is 44.6 Å².